The molecule has 0 radical (unpaired) electrons. The summed E-state index contributed by atoms with van der Waals surface area (Å²) in [6.45, 7) is 10.8. The number of aliphatic hydroxyl groups excluding tert-OH is 1. The summed E-state index contributed by atoms with van der Waals surface area (Å²) in [7, 11) is 0. The largest absolute Gasteiger partial charge is 0.391 e. The van der Waals surface area contributed by atoms with Gasteiger partial charge in [-0.1, -0.05) is 58.9 Å². The number of halogens is 1. The van der Waals surface area contributed by atoms with Gasteiger partial charge >= 0.3 is 0 Å². The van der Waals surface area contributed by atoms with Crippen molar-refractivity contribution in [1.29, 1.82) is 0 Å². The molecule has 0 fully saturated rings. The van der Waals surface area contributed by atoms with E-state index >= 15 is 0 Å². The Balaban J connectivity index is 0.00000324. The molecule has 0 aromatic heterocycles. The number of aliphatic hydroxyl groups is 1. The second kappa shape index (κ2) is 7.28. The Morgan fingerprint density at radius 1 is 1.11 bits per heavy atom. The van der Waals surface area contributed by atoms with Gasteiger partial charge in [-0.25, -0.2) is 0 Å². The number of nitrogens with two attached hydrogens (primary N) is 1. The maximum Gasteiger partial charge on any atom is 0.0735 e. The van der Waals surface area contributed by atoms with Gasteiger partial charge in [0.1, 0.15) is 0 Å². The molecular formula is C16H28ClNO. The third kappa shape index (κ3) is 5.52. The van der Waals surface area contributed by atoms with Crippen molar-refractivity contribution in [3.63, 3.8) is 0 Å². The summed E-state index contributed by atoms with van der Waals surface area (Å²) < 4.78 is 0. The Bertz CT molecular complexity index is 367. The fraction of sp³-hybridized carbons (Fsp3) is 0.625. The lowest BCUT2D eigenvalue weighted by Crippen LogP contribution is -2.27. The topological polar surface area (TPSA) is 46.2 Å². The van der Waals surface area contributed by atoms with Crippen LogP contribution in [0.5, 0.6) is 0 Å². The van der Waals surface area contributed by atoms with Crippen LogP contribution in [-0.4, -0.2) is 11.2 Å². The Kier molecular flexibility index (Phi) is 7.06. The summed E-state index contributed by atoms with van der Waals surface area (Å²) in [5.74, 6) is 0.458. The first-order valence-corrected chi connectivity index (χ1v) is 6.76. The van der Waals surface area contributed by atoms with Gasteiger partial charge in [-0.05, 0) is 28.9 Å². The van der Waals surface area contributed by atoms with Crippen LogP contribution in [-0.2, 0) is 5.41 Å². The summed E-state index contributed by atoms with van der Waals surface area (Å²) in [6, 6.07) is 8.00. The van der Waals surface area contributed by atoms with Gasteiger partial charge in [-0.3, -0.25) is 0 Å². The van der Waals surface area contributed by atoms with Crippen molar-refractivity contribution in [2.75, 3.05) is 0 Å². The summed E-state index contributed by atoms with van der Waals surface area (Å²) in [5.41, 5.74) is 8.55. The first kappa shape index (κ1) is 18.4. The van der Waals surface area contributed by atoms with E-state index in [1.165, 1.54) is 5.56 Å². The molecule has 0 spiro atoms. The second-order valence-corrected chi connectivity index (χ2v) is 6.59. The predicted molar refractivity (Wildman–Crippen MR) is 84.8 cm³/mol. The molecular weight excluding hydrogens is 258 g/mol. The third-order valence-electron chi connectivity index (χ3n) is 3.29. The van der Waals surface area contributed by atoms with E-state index in [9.17, 15) is 5.11 Å². The Labute approximate surface area is 123 Å². The van der Waals surface area contributed by atoms with E-state index < -0.39 is 6.10 Å². The molecule has 1 aromatic rings. The van der Waals surface area contributed by atoms with Gasteiger partial charge in [0.25, 0.3) is 0 Å². The highest BCUT2D eigenvalue weighted by molar-refractivity contribution is 5.85. The molecule has 2 nitrogen and oxygen atoms in total. The number of hydrogen-bond acceptors (Lipinski definition) is 2. The van der Waals surface area contributed by atoms with Crippen molar-refractivity contribution < 1.29 is 5.11 Å². The van der Waals surface area contributed by atoms with Crippen LogP contribution < -0.4 is 5.73 Å². The molecule has 110 valence electrons. The molecule has 0 aliphatic rings. The van der Waals surface area contributed by atoms with Crippen molar-refractivity contribution in [2.24, 2.45) is 11.7 Å². The lowest BCUT2D eigenvalue weighted by Gasteiger charge is -2.23. The van der Waals surface area contributed by atoms with Crippen LogP contribution in [0.4, 0.5) is 0 Å². The van der Waals surface area contributed by atoms with Crippen molar-refractivity contribution >= 4 is 12.4 Å². The van der Waals surface area contributed by atoms with E-state index in [2.05, 4.69) is 46.8 Å². The van der Waals surface area contributed by atoms with Crippen LogP contribution in [0.1, 0.15) is 58.2 Å². The van der Waals surface area contributed by atoms with E-state index in [0.717, 1.165) is 12.0 Å². The molecule has 3 N–H and O–H groups in total. The van der Waals surface area contributed by atoms with Crippen molar-refractivity contribution in [3.8, 4) is 0 Å². The summed E-state index contributed by atoms with van der Waals surface area (Å²) in [5, 5.41) is 10.0. The number of benzene rings is 1. The van der Waals surface area contributed by atoms with Crippen LogP contribution in [0.3, 0.4) is 0 Å². The molecule has 0 saturated heterocycles. The lowest BCUT2D eigenvalue weighted by molar-refractivity contribution is 0.121. The van der Waals surface area contributed by atoms with Crippen LogP contribution in [0.25, 0.3) is 0 Å². The van der Waals surface area contributed by atoms with Gasteiger partial charge in [0, 0.05) is 0 Å². The smallest absolute Gasteiger partial charge is 0.0735 e. The molecule has 1 aromatic carbocycles. The van der Waals surface area contributed by atoms with Gasteiger partial charge in [0.15, 0.2) is 0 Å². The van der Waals surface area contributed by atoms with Crippen molar-refractivity contribution in [2.45, 2.75) is 58.6 Å². The minimum atomic E-state index is -0.467. The van der Waals surface area contributed by atoms with E-state index in [-0.39, 0.29) is 23.9 Å². The number of hydrogen-bond donors (Lipinski definition) is 2. The molecule has 1 rings (SSSR count). The second-order valence-electron chi connectivity index (χ2n) is 6.59. The Hall–Kier alpha value is -0.570. The van der Waals surface area contributed by atoms with Gasteiger partial charge in [0.05, 0.1) is 12.1 Å². The van der Waals surface area contributed by atoms with Crippen molar-refractivity contribution in [3.05, 3.63) is 35.4 Å². The predicted octanol–water partition coefficient (Wildman–Crippen LogP) is 3.81. The molecule has 0 heterocycles. The molecule has 3 heteroatoms. The monoisotopic (exact) mass is 285 g/mol. The van der Waals surface area contributed by atoms with E-state index in [4.69, 9.17) is 5.73 Å². The van der Waals surface area contributed by atoms with Crippen LogP contribution in [0, 0.1) is 5.92 Å². The van der Waals surface area contributed by atoms with E-state index in [0.29, 0.717) is 5.92 Å². The fourth-order valence-corrected chi connectivity index (χ4v) is 2.06. The molecule has 0 amide bonds. The van der Waals surface area contributed by atoms with Crippen molar-refractivity contribution in [1.82, 2.24) is 0 Å². The highest BCUT2D eigenvalue weighted by Crippen LogP contribution is 2.25. The van der Waals surface area contributed by atoms with Gasteiger partial charge < -0.3 is 10.8 Å². The maximum atomic E-state index is 10.0. The normalized spacial score (nSPS) is 14.9. The van der Waals surface area contributed by atoms with Crippen LogP contribution >= 0.6 is 12.4 Å². The van der Waals surface area contributed by atoms with E-state index in [1.54, 1.807) is 0 Å². The minimum Gasteiger partial charge on any atom is -0.391 e. The molecule has 2 atom stereocenters. The molecule has 19 heavy (non-hydrogen) atoms. The molecule has 0 bridgehead atoms. The Morgan fingerprint density at radius 2 is 1.58 bits per heavy atom. The first-order chi connectivity index (χ1) is 8.21. The SMILES string of the molecule is CC(C)C[C@H](O)[C@H](N)c1ccc(C(C)(C)C)cc1.Cl. The summed E-state index contributed by atoms with van der Waals surface area (Å²) in [6.07, 6.45) is 0.271. The standard InChI is InChI=1S/C16H27NO.ClH/c1-11(2)10-14(18)15(17)12-6-8-13(9-7-12)16(3,4)5;/h6-9,11,14-15,18H,10,17H2,1-5H3;1H/t14-,15+;/m0./s1. The minimum absolute atomic E-state index is 0. The van der Waals surface area contributed by atoms with E-state index in [1.807, 2.05) is 12.1 Å². The average molecular weight is 286 g/mol. The molecule has 0 unspecified atom stereocenters. The highest BCUT2D eigenvalue weighted by atomic mass is 35.5. The zero-order valence-electron chi connectivity index (χ0n) is 12.7. The fourth-order valence-electron chi connectivity index (χ4n) is 2.06. The van der Waals surface area contributed by atoms with Gasteiger partial charge in [-0.2, -0.15) is 0 Å². The average Bonchev–Trinajstić information content (AvgIpc) is 2.26. The molecule has 0 aliphatic heterocycles. The highest BCUT2D eigenvalue weighted by Gasteiger charge is 2.19. The maximum absolute atomic E-state index is 10.0. The third-order valence-corrected chi connectivity index (χ3v) is 3.29. The lowest BCUT2D eigenvalue weighted by atomic mass is 9.85. The zero-order chi connectivity index (χ0) is 13.9. The summed E-state index contributed by atoms with van der Waals surface area (Å²) >= 11 is 0. The Morgan fingerprint density at radius 3 is 1.95 bits per heavy atom. The molecule has 0 saturated carbocycles. The number of rotatable bonds is 4. The van der Waals surface area contributed by atoms with Crippen LogP contribution in [0.15, 0.2) is 24.3 Å². The molecule has 0 aliphatic carbocycles. The van der Waals surface area contributed by atoms with Gasteiger partial charge in [-0.15, -0.1) is 12.4 Å². The summed E-state index contributed by atoms with van der Waals surface area (Å²) in [4.78, 5) is 0. The quantitative estimate of drug-likeness (QED) is 0.883. The zero-order valence-corrected chi connectivity index (χ0v) is 13.5. The van der Waals surface area contributed by atoms with Crippen LogP contribution in [0.2, 0.25) is 0 Å². The van der Waals surface area contributed by atoms with Gasteiger partial charge in [0.2, 0.25) is 0 Å². The first-order valence-electron chi connectivity index (χ1n) is 6.76.